The maximum absolute atomic E-state index is 10.6. The summed E-state index contributed by atoms with van der Waals surface area (Å²) in [5, 5.41) is 16.7. The molecule has 0 bridgehead atoms. The fraction of sp³-hybridized carbons (Fsp3) is 0.800. The number of methoxy groups -OCH3 is 2. The molecule has 0 aromatic carbocycles. The van der Waals surface area contributed by atoms with E-state index in [0.29, 0.717) is 35.1 Å². The second kappa shape index (κ2) is 15.3. The third-order valence-corrected chi connectivity index (χ3v) is 2.29. The van der Waals surface area contributed by atoms with Crippen molar-refractivity contribution < 1.29 is 43.3 Å². The molecule has 0 aliphatic carbocycles. The average molecular weight is 382 g/mol. The quantitative estimate of drug-likeness (QED) is 0.256. The van der Waals surface area contributed by atoms with Gasteiger partial charge in [-0.1, -0.05) is 0 Å². The smallest absolute Gasteiger partial charge is 0.307 e. The van der Waals surface area contributed by atoms with Crippen LogP contribution in [0.3, 0.4) is 0 Å². The van der Waals surface area contributed by atoms with Crippen LogP contribution < -0.4 is 21.1 Å². The van der Waals surface area contributed by atoms with Gasteiger partial charge in [0.15, 0.2) is 0 Å². The summed E-state index contributed by atoms with van der Waals surface area (Å²) in [6.07, 6.45) is -1.49. The molecule has 0 fully saturated rings. The van der Waals surface area contributed by atoms with Crippen molar-refractivity contribution >= 4 is 18.1 Å². The molecule has 0 unspecified atom stereocenters. The molecule has 2 N–H and O–H groups in total. The van der Waals surface area contributed by atoms with Crippen LogP contribution >= 0.6 is 0 Å². The van der Waals surface area contributed by atoms with Gasteiger partial charge in [-0.2, -0.15) is 10.9 Å². The van der Waals surface area contributed by atoms with Gasteiger partial charge in [0, 0.05) is 0 Å². The molecule has 0 aliphatic heterocycles. The number of esters is 2. The first-order valence-corrected chi connectivity index (χ1v) is 7.79. The van der Waals surface area contributed by atoms with Gasteiger partial charge in [-0.25, -0.2) is 0 Å². The molecule has 0 spiro atoms. The largest absolute Gasteiger partial charge is 0.652 e. The first-order chi connectivity index (χ1) is 11.6. The molecule has 0 atom stereocenters. The Hall–Kier alpha value is -1.95. The summed E-state index contributed by atoms with van der Waals surface area (Å²) in [5.41, 5.74) is 6.25. The minimum Gasteiger partial charge on any atom is -0.652 e. The molecule has 0 amide bonds. The zero-order valence-electron chi connectivity index (χ0n) is 17.1. The normalized spacial score (nSPS) is 10.5. The summed E-state index contributed by atoms with van der Waals surface area (Å²) in [6, 6.07) is 0. The summed E-state index contributed by atoms with van der Waals surface area (Å²) < 4.78 is 10.3. The van der Waals surface area contributed by atoms with Crippen LogP contribution in [-0.2, 0) is 19.1 Å². The van der Waals surface area contributed by atoms with Gasteiger partial charge < -0.3 is 24.5 Å². The Labute approximate surface area is 155 Å². The number of carbonyl (C=O) groups is 3. The Kier molecular flexibility index (Phi) is 17.0. The number of ether oxygens (including phenoxy) is 2. The van der Waals surface area contributed by atoms with E-state index < -0.39 is 6.16 Å². The third-order valence-electron chi connectivity index (χ3n) is 2.29. The molecule has 26 heavy (non-hydrogen) atoms. The van der Waals surface area contributed by atoms with Gasteiger partial charge in [-0.15, -0.1) is 0 Å². The fourth-order valence-electron chi connectivity index (χ4n) is 1.19. The lowest BCUT2D eigenvalue weighted by Gasteiger charge is -2.23. The van der Waals surface area contributed by atoms with Crippen molar-refractivity contribution in [2.24, 2.45) is 0 Å². The Morgan fingerprint density at radius 1 is 0.731 bits per heavy atom. The zero-order chi connectivity index (χ0) is 21.4. The van der Waals surface area contributed by atoms with Crippen LogP contribution in [0.2, 0.25) is 0 Å². The highest BCUT2D eigenvalue weighted by molar-refractivity contribution is 5.69. The van der Waals surface area contributed by atoms with E-state index in [4.69, 9.17) is 15.0 Å². The molecule has 0 radical (unpaired) electrons. The van der Waals surface area contributed by atoms with E-state index >= 15 is 0 Å². The number of nitrogens with one attached hydrogen (secondary N) is 2. The summed E-state index contributed by atoms with van der Waals surface area (Å²) >= 11 is 0. The molecule has 0 aliphatic rings. The van der Waals surface area contributed by atoms with Gasteiger partial charge in [-0.05, 0) is 6.16 Å². The minimum absolute atomic E-state index is 0.175. The van der Waals surface area contributed by atoms with E-state index in [1.807, 2.05) is 42.3 Å². The van der Waals surface area contributed by atoms with Crippen LogP contribution in [0.1, 0.15) is 12.8 Å². The molecule has 11 heteroatoms. The molecular formula is C15H34N4O7. The molecule has 0 aromatic rings. The SMILES string of the molecule is COC(=O)CCN[N+](C)(C)C.COC(=O)CCN[N+](C)(C)C.O=C([O-])[O-]. The third kappa shape index (κ3) is 37.9. The van der Waals surface area contributed by atoms with E-state index in [-0.39, 0.29) is 11.9 Å². The van der Waals surface area contributed by atoms with Crippen molar-refractivity contribution in [2.45, 2.75) is 12.8 Å². The molecule has 11 nitrogen and oxygen atoms in total. The zero-order valence-corrected chi connectivity index (χ0v) is 17.1. The molecule has 0 aromatic heterocycles. The standard InChI is InChI=1S/2C7H17N2O2.CH2O3/c2*1-9(2,3)8-6-5-7(10)11-4;2-1(3)4/h2*8H,5-6H2,1-4H3;(H2,2,3,4)/q2*+1;/p-2. The summed E-state index contributed by atoms with van der Waals surface area (Å²) in [6.45, 7) is 1.30. The van der Waals surface area contributed by atoms with Crippen molar-refractivity contribution in [3.05, 3.63) is 0 Å². The van der Waals surface area contributed by atoms with Crippen LogP contribution in [0, 0.1) is 0 Å². The lowest BCUT2D eigenvalue weighted by Crippen LogP contribution is -2.48. The summed E-state index contributed by atoms with van der Waals surface area (Å²) in [4.78, 5) is 29.6. The second-order valence-corrected chi connectivity index (χ2v) is 6.74. The van der Waals surface area contributed by atoms with E-state index in [9.17, 15) is 9.59 Å². The predicted molar refractivity (Wildman–Crippen MR) is 90.7 cm³/mol. The molecule has 156 valence electrons. The maximum atomic E-state index is 10.6. The van der Waals surface area contributed by atoms with Crippen molar-refractivity contribution in [1.82, 2.24) is 10.9 Å². The lowest BCUT2D eigenvalue weighted by molar-refractivity contribution is -0.915. The number of rotatable bonds is 8. The van der Waals surface area contributed by atoms with Crippen molar-refractivity contribution in [3.63, 3.8) is 0 Å². The highest BCUT2D eigenvalue weighted by Crippen LogP contribution is 1.86. The van der Waals surface area contributed by atoms with Crippen molar-refractivity contribution in [3.8, 4) is 0 Å². The lowest BCUT2D eigenvalue weighted by atomic mass is 10.4. The number of nitrogens with zero attached hydrogens (tertiary/aromatic N) is 2. The van der Waals surface area contributed by atoms with Gasteiger partial charge in [0.1, 0.15) is 0 Å². The van der Waals surface area contributed by atoms with Gasteiger partial charge in [0.05, 0.1) is 82.4 Å². The van der Waals surface area contributed by atoms with Gasteiger partial charge >= 0.3 is 11.9 Å². The molecule has 0 rings (SSSR count). The number of hydrogen-bond acceptors (Lipinski definition) is 9. The van der Waals surface area contributed by atoms with Crippen molar-refractivity contribution in [2.75, 3.05) is 69.6 Å². The van der Waals surface area contributed by atoms with E-state index in [0.717, 1.165) is 0 Å². The van der Waals surface area contributed by atoms with Crippen LogP contribution in [0.5, 0.6) is 0 Å². The van der Waals surface area contributed by atoms with Crippen LogP contribution in [0.25, 0.3) is 0 Å². The molecular weight excluding hydrogens is 348 g/mol. The second-order valence-electron chi connectivity index (χ2n) is 6.74. The Morgan fingerprint density at radius 2 is 0.962 bits per heavy atom. The predicted octanol–water partition coefficient (Wildman–Crippen LogP) is -2.93. The van der Waals surface area contributed by atoms with Gasteiger partial charge in [0.25, 0.3) is 0 Å². The van der Waals surface area contributed by atoms with Crippen molar-refractivity contribution in [1.29, 1.82) is 0 Å². The summed E-state index contributed by atoms with van der Waals surface area (Å²) in [7, 11) is 14.8. The fourth-order valence-corrected chi connectivity index (χ4v) is 1.19. The number of carboxylic acid groups (broad SMARTS) is 2. The Balaban J connectivity index is -0.000000338. The average Bonchev–Trinajstić information content (AvgIpc) is 2.44. The number of hydrogen-bond donors (Lipinski definition) is 2. The first-order valence-electron chi connectivity index (χ1n) is 7.79. The van der Waals surface area contributed by atoms with E-state index in [1.165, 1.54) is 14.2 Å². The molecule has 0 saturated heterocycles. The van der Waals surface area contributed by atoms with Gasteiger partial charge in [0.2, 0.25) is 0 Å². The van der Waals surface area contributed by atoms with Crippen LogP contribution in [-0.4, -0.2) is 96.9 Å². The monoisotopic (exact) mass is 382 g/mol. The molecule has 0 saturated carbocycles. The summed E-state index contributed by atoms with van der Waals surface area (Å²) in [5.74, 6) is -0.350. The highest BCUT2D eigenvalue weighted by atomic mass is 16.6. The maximum Gasteiger partial charge on any atom is 0.307 e. The van der Waals surface area contributed by atoms with E-state index in [1.54, 1.807) is 0 Å². The highest BCUT2D eigenvalue weighted by Gasteiger charge is 2.07. The number of carbonyl (C=O) groups excluding carboxylic acids is 3. The Bertz CT molecular complexity index is 368. The minimum atomic E-state index is -2.33. The van der Waals surface area contributed by atoms with Gasteiger partial charge in [-0.3, -0.25) is 18.8 Å². The first kappa shape index (κ1) is 28.8. The Morgan fingerprint density at radius 3 is 1.12 bits per heavy atom. The number of quaternary nitrogens is 2. The van der Waals surface area contributed by atoms with Crippen LogP contribution in [0.15, 0.2) is 0 Å². The van der Waals surface area contributed by atoms with Crippen LogP contribution in [0.4, 0.5) is 4.79 Å². The topological polar surface area (TPSA) is 140 Å². The molecule has 0 heterocycles. The van der Waals surface area contributed by atoms with E-state index in [2.05, 4.69) is 20.3 Å².